The van der Waals surface area contributed by atoms with Gasteiger partial charge in [0.25, 0.3) is 0 Å². The Labute approximate surface area is 104 Å². The van der Waals surface area contributed by atoms with Crippen molar-refractivity contribution in [1.82, 2.24) is 9.55 Å². The molecule has 0 unspecified atom stereocenters. The van der Waals surface area contributed by atoms with Gasteiger partial charge in [0, 0.05) is 28.8 Å². The Morgan fingerprint density at radius 1 is 1.29 bits per heavy atom. The van der Waals surface area contributed by atoms with Gasteiger partial charge in [-0.2, -0.15) is 0 Å². The summed E-state index contributed by atoms with van der Waals surface area (Å²) in [6, 6.07) is 7.17. The number of hydrogen-bond acceptors (Lipinski definition) is 3. The first-order valence-corrected chi connectivity index (χ1v) is 7.45. The highest BCUT2D eigenvalue weighted by molar-refractivity contribution is 8.13. The number of aromatic nitrogens is 2. The summed E-state index contributed by atoms with van der Waals surface area (Å²) in [4.78, 5) is 4.12. The summed E-state index contributed by atoms with van der Waals surface area (Å²) in [5.41, 5.74) is 1.61. The summed E-state index contributed by atoms with van der Waals surface area (Å²) >= 11 is 0. The largest absolute Gasteiger partial charge is 0.304 e. The monoisotopic (exact) mass is 270 g/mol. The van der Waals surface area contributed by atoms with Crippen molar-refractivity contribution < 1.29 is 8.42 Å². The molecule has 17 heavy (non-hydrogen) atoms. The number of hydrogen-bond donors (Lipinski definition) is 0. The van der Waals surface area contributed by atoms with Crippen molar-refractivity contribution in [1.29, 1.82) is 0 Å². The van der Waals surface area contributed by atoms with Crippen LogP contribution in [0.15, 0.2) is 36.7 Å². The van der Waals surface area contributed by atoms with E-state index in [1.54, 1.807) is 18.3 Å². The third-order valence-corrected chi connectivity index (χ3v) is 3.38. The molecule has 0 aliphatic carbocycles. The van der Waals surface area contributed by atoms with E-state index in [1.807, 2.05) is 29.8 Å². The fourth-order valence-electron chi connectivity index (χ4n) is 1.60. The Balaban J connectivity index is 2.28. The van der Waals surface area contributed by atoms with Gasteiger partial charge in [0.2, 0.25) is 9.05 Å². The van der Waals surface area contributed by atoms with Gasteiger partial charge >= 0.3 is 0 Å². The van der Waals surface area contributed by atoms with Crippen LogP contribution in [-0.4, -0.2) is 18.0 Å². The summed E-state index contributed by atoms with van der Waals surface area (Å²) < 4.78 is 23.8. The number of imidazole rings is 1. The van der Waals surface area contributed by atoms with Gasteiger partial charge in [-0.05, 0) is 24.6 Å². The molecule has 4 nitrogen and oxygen atoms in total. The zero-order valence-electron chi connectivity index (χ0n) is 9.17. The lowest BCUT2D eigenvalue weighted by Gasteiger charge is -2.05. The van der Waals surface area contributed by atoms with Crippen molar-refractivity contribution in [2.75, 3.05) is 0 Å². The van der Waals surface area contributed by atoms with Gasteiger partial charge in [0.1, 0.15) is 5.82 Å². The van der Waals surface area contributed by atoms with Gasteiger partial charge in [-0.3, -0.25) is 0 Å². The second-order valence-corrected chi connectivity index (χ2v) is 6.47. The van der Waals surface area contributed by atoms with E-state index in [0.717, 1.165) is 11.5 Å². The third-order valence-electron chi connectivity index (χ3n) is 2.38. The minimum absolute atomic E-state index is 0.155. The van der Waals surface area contributed by atoms with Gasteiger partial charge in [-0.25, -0.2) is 13.4 Å². The lowest BCUT2D eigenvalue weighted by Crippen LogP contribution is -1.98. The summed E-state index contributed by atoms with van der Waals surface area (Å²) in [6.45, 7) is 1.90. The van der Waals surface area contributed by atoms with Crippen molar-refractivity contribution in [3.05, 3.63) is 48.0 Å². The lowest BCUT2D eigenvalue weighted by molar-refractivity contribution is 0.609. The van der Waals surface area contributed by atoms with Gasteiger partial charge in [0.05, 0.1) is 5.75 Å². The zero-order valence-corrected chi connectivity index (χ0v) is 10.7. The number of nitrogens with zero attached hydrogens (tertiary/aromatic N) is 2. The van der Waals surface area contributed by atoms with E-state index in [4.69, 9.17) is 10.7 Å². The molecular formula is C11H11ClN2O2S. The summed E-state index contributed by atoms with van der Waals surface area (Å²) in [5, 5.41) is 0. The van der Waals surface area contributed by atoms with Crippen LogP contribution in [0.5, 0.6) is 0 Å². The standard InChI is InChI=1S/C11H11ClN2O2S/c1-9-13-6-7-14(9)11-4-2-10(3-5-11)8-17(12,15)16/h2-7H,8H2,1H3. The molecule has 2 aromatic rings. The van der Waals surface area contributed by atoms with Crippen LogP contribution in [0.2, 0.25) is 0 Å². The average molecular weight is 271 g/mol. The molecule has 6 heteroatoms. The first-order valence-electron chi connectivity index (χ1n) is 4.97. The van der Waals surface area contributed by atoms with Crippen LogP contribution in [0.4, 0.5) is 0 Å². The molecule has 0 N–H and O–H groups in total. The summed E-state index contributed by atoms with van der Waals surface area (Å²) in [7, 11) is 1.69. The number of aryl methyl sites for hydroxylation is 1. The normalized spacial score (nSPS) is 11.6. The number of halogens is 1. The smallest absolute Gasteiger partial charge is 0.236 e. The molecule has 0 amide bonds. The maximum absolute atomic E-state index is 10.9. The molecule has 2 rings (SSSR count). The van der Waals surface area contributed by atoms with Gasteiger partial charge in [0.15, 0.2) is 0 Å². The Bertz CT molecular complexity index is 617. The third kappa shape index (κ3) is 3.08. The highest BCUT2D eigenvalue weighted by atomic mass is 35.7. The molecule has 0 saturated carbocycles. The van der Waals surface area contributed by atoms with Crippen LogP contribution in [0, 0.1) is 6.92 Å². The second-order valence-electron chi connectivity index (χ2n) is 3.69. The molecule has 90 valence electrons. The molecule has 0 spiro atoms. The molecule has 1 heterocycles. The minimum Gasteiger partial charge on any atom is -0.304 e. The molecule has 0 saturated heterocycles. The van der Waals surface area contributed by atoms with E-state index < -0.39 is 9.05 Å². The van der Waals surface area contributed by atoms with Crippen LogP contribution in [0.25, 0.3) is 5.69 Å². The Morgan fingerprint density at radius 3 is 2.41 bits per heavy atom. The van der Waals surface area contributed by atoms with Gasteiger partial charge in [-0.15, -0.1) is 0 Å². The van der Waals surface area contributed by atoms with Crippen molar-refractivity contribution in [2.24, 2.45) is 0 Å². The molecule has 0 aliphatic rings. The van der Waals surface area contributed by atoms with Crippen molar-refractivity contribution >= 4 is 19.7 Å². The van der Waals surface area contributed by atoms with Crippen LogP contribution >= 0.6 is 10.7 Å². The maximum atomic E-state index is 10.9. The molecule has 1 aromatic carbocycles. The summed E-state index contributed by atoms with van der Waals surface area (Å²) in [5.74, 6) is 0.723. The maximum Gasteiger partial charge on any atom is 0.236 e. The van der Waals surface area contributed by atoms with E-state index in [0.29, 0.717) is 5.56 Å². The average Bonchev–Trinajstić information content (AvgIpc) is 2.63. The minimum atomic E-state index is -3.50. The molecule has 0 atom stereocenters. The number of benzene rings is 1. The predicted molar refractivity (Wildman–Crippen MR) is 66.8 cm³/mol. The Morgan fingerprint density at radius 2 is 1.94 bits per heavy atom. The fourth-order valence-corrected chi connectivity index (χ4v) is 2.57. The van der Waals surface area contributed by atoms with E-state index in [2.05, 4.69) is 4.98 Å². The van der Waals surface area contributed by atoms with Crippen LogP contribution in [0.3, 0.4) is 0 Å². The van der Waals surface area contributed by atoms with Crippen molar-refractivity contribution in [2.45, 2.75) is 12.7 Å². The van der Waals surface area contributed by atoms with Crippen molar-refractivity contribution in [3.63, 3.8) is 0 Å². The molecule has 1 aromatic heterocycles. The van der Waals surface area contributed by atoms with Crippen LogP contribution < -0.4 is 0 Å². The quantitative estimate of drug-likeness (QED) is 0.804. The molecule has 0 bridgehead atoms. The second kappa shape index (κ2) is 4.50. The van der Waals surface area contributed by atoms with Crippen LogP contribution in [-0.2, 0) is 14.8 Å². The van der Waals surface area contributed by atoms with Gasteiger partial charge < -0.3 is 4.57 Å². The van der Waals surface area contributed by atoms with E-state index in [9.17, 15) is 8.42 Å². The molecular weight excluding hydrogens is 260 g/mol. The van der Waals surface area contributed by atoms with E-state index in [-0.39, 0.29) is 5.75 Å². The molecule has 0 aliphatic heterocycles. The molecule has 0 radical (unpaired) electrons. The zero-order chi connectivity index (χ0) is 12.5. The fraction of sp³-hybridized carbons (Fsp3) is 0.182. The topological polar surface area (TPSA) is 52.0 Å². The number of rotatable bonds is 3. The Kier molecular flexibility index (Phi) is 3.22. The van der Waals surface area contributed by atoms with Crippen molar-refractivity contribution in [3.8, 4) is 5.69 Å². The lowest BCUT2D eigenvalue weighted by atomic mass is 10.2. The predicted octanol–water partition coefficient (Wildman–Crippen LogP) is 2.25. The van der Waals surface area contributed by atoms with E-state index in [1.165, 1.54) is 0 Å². The molecule has 0 fully saturated rings. The first kappa shape index (κ1) is 12.1. The van der Waals surface area contributed by atoms with Crippen LogP contribution in [0.1, 0.15) is 11.4 Å². The first-order chi connectivity index (χ1) is 7.96. The Hall–Kier alpha value is -1.33. The van der Waals surface area contributed by atoms with E-state index >= 15 is 0 Å². The van der Waals surface area contributed by atoms with Gasteiger partial charge in [-0.1, -0.05) is 12.1 Å². The summed E-state index contributed by atoms with van der Waals surface area (Å²) in [6.07, 6.45) is 3.56. The highest BCUT2D eigenvalue weighted by Gasteiger charge is 2.07. The SMILES string of the molecule is Cc1nccn1-c1ccc(CS(=O)(=O)Cl)cc1. The highest BCUT2D eigenvalue weighted by Crippen LogP contribution is 2.14.